The van der Waals surface area contributed by atoms with Gasteiger partial charge in [0.15, 0.2) is 0 Å². The lowest BCUT2D eigenvalue weighted by Crippen LogP contribution is -2.50. The third kappa shape index (κ3) is 3.28. The summed E-state index contributed by atoms with van der Waals surface area (Å²) >= 11 is 1.38. The van der Waals surface area contributed by atoms with Crippen molar-refractivity contribution in [2.75, 3.05) is 31.8 Å². The minimum absolute atomic E-state index is 0.167. The zero-order chi connectivity index (χ0) is 13.7. The number of carbonyl (C=O) groups excluding carboxylic acids is 2. The second-order valence-electron chi connectivity index (χ2n) is 3.70. The number of rotatable bonds is 4. The monoisotopic (exact) mass is 276 g/mol. The van der Waals surface area contributed by atoms with Crippen molar-refractivity contribution in [1.82, 2.24) is 9.80 Å². The van der Waals surface area contributed by atoms with E-state index in [1.165, 1.54) is 28.7 Å². The summed E-state index contributed by atoms with van der Waals surface area (Å²) in [6, 6.07) is -1.27. The van der Waals surface area contributed by atoms with Crippen molar-refractivity contribution in [3.05, 3.63) is 0 Å². The predicted molar refractivity (Wildman–Crippen MR) is 65.2 cm³/mol. The summed E-state index contributed by atoms with van der Waals surface area (Å²) in [5, 5.41) is 9.00. The molecule has 0 aromatic carbocycles. The molecule has 1 heterocycles. The summed E-state index contributed by atoms with van der Waals surface area (Å²) in [6.45, 7) is 1.88. The van der Waals surface area contributed by atoms with Crippen molar-refractivity contribution >= 4 is 29.7 Å². The molecule has 1 atom stereocenters. The molecule has 0 radical (unpaired) electrons. The van der Waals surface area contributed by atoms with E-state index >= 15 is 0 Å². The minimum Gasteiger partial charge on any atom is -0.480 e. The van der Waals surface area contributed by atoms with Gasteiger partial charge in [0.05, 0.1) is 13.0 Å². The molecule has 1 rings (SSSR count). The maximum atomic E-state index is 12.1. The topological polar surface area (TPSA) is 87.2 Å². The van der Waals surface area contributed by atoms with Crippen LogP contribution >= 0.6 is 11.8 Å². The molecule has 1 aliphatic rings. The number of urea groups is 1. The van der Waals surface area contributed by atoms with Crippen LogP contribution in [0.15, 0.2) is 0 Å². The molecule has 7 nitrogen and oxygen atoms in total. The summed E-state index contributed by atoms with van der Waals surface area (Å²) < 4.78 is 4.50. The van der Waals surface area contributed by atoms with E-state index in [-0.39, 0.29) is 6.54 Å². The van der Waals surface area contributed by atoms with Gasteiger partial charge in [0.25, 0.3) is 0 Å². The zero-order valence-corrected chi connectivity index (χ0v) is 11.1. The quantitative estimate of drug-likeness (QED) is 0.731. The number of amides is 2. The van der Waals surface area contributed by atoms with Gasteiger partial charge in [-0.15, -0.1) is 11.8 Å². The first-order valence-corrected chi connectivity index (χ1v) is 6.59. The Bertz CT molecular complexity index is 349. The third-order valence-electron chi connectivity index (χ3n) is 2.61. The molecule has 1 aliphatic heterocycles. The summed E-state index contributed by atoms with van der Waals surface area (Å²) in [6.07, 6.45) is 0. The lowest BCUT2D eigenvalue weighted by Gasteiger charge is -2.28. The van der Waals surface area contributed by atoms with E-state index in [0.29, 0.717) is 18.2 Å². The molecule has 18 heavy (non-hydrogen) atoms. The van der Waals surface area contributed by atoms with Crippen LogP contribution in [-0.4, -0.2) is 70.7 Å². The van der Waals surface area contributed by atoms with Crippen molar-refractivity contribution in [3.63, 3.8) is 0 Å². The number of ether oxygens (including phenoxy) is 1. The Kier molecular flexibility index (Phi) is 5.26. The standard InChI is InChI=1S/C10H16N2O5S/c1-3-11(4-8(13)17-2)10(16)12-6-18-5-7(12)9(14)15/h7H,3-6H2,1-2H3,(H,14,15)/t7-/m0/s1. The molecular formula is C10H16N2O5S. The fourth-order valence-corrected chi connectivity index (χ4v) is 2.69. The molecule has 0 aliphatic carbocycles. The van der Waals surface area contributed by atoms with Gasteiger partial charge < -0.3 is 19.6 Å². The number of nitrogens with zero attached hydrogens (tertiary/aromatic N) is 2. The first-order chi connectivity index (χ1) is 8.51. The first kappa shape index (κ1) is 14.6. The smallest absolute Gasteiger partial charge is 0.327 e. The lowest BCUT2D eigenvalue weighted by atomic mass is 10.3. The Labute approximate surface area is 109 Å². The maximum Gasteiger partial charge on any atom is 0.327 e. The van der Waals surface area contributed by atoms with Crippen LogP contribution in [0.1, 0.15) is 6.92 Å². The third-order valence-corrected chi connectivity index (χ3v) is 3.63. The van der Waals surface area contributed by atoms with Crippen LogP contribution in [0.4, 0.5) is 4.79 Å². The van der Waals surface area contributed by atoms with E-state index in [9.17, 15) is 14.4 Å². The SMILES string of the molecule is CCN(CC(=O)OC)C(=O)N1CSC[C@H]1C(=O)O. The van der Waals surface area contributed by atoms with E-state index in [4.69, 9.17) is 5.11 Å². The van der Waals surface area contributed by atoms with E-state index < -0.39 is 24.0 Å². The highest BCUT2D eigenvalue weighted by Crippen LogP contribution is 2.22. The Morgan fingerprint density at radius 2 is 2.17 bits per heavy atom. The van der Waals surface area contributed by atoms with Gasteiger partial charge in [0.2, 0.25) is 0 Å². The molecule has 102 valence electrons. The molecule has 0 aromatic rings. The van der Waals surface area contributed by atoms with Gasteiger partial charge in [-0.1, -0.05) is 0 Å². The van der Waals surface area contributed by atoms with Crippen molar-refractivity contribution in [1.29, 1.82) is 0 Å². The fraction of sp³-hybridized carbons (Fsp3) is 0.700. The highest BCUT2D eigenvalue weighted by atomic mass is 32.2. The number of thioether (sulfide) groups is 1. The number of hydrogen-bond donors (Lipinski definition) is 1. The summed E-state index contributed by atoms with van der Waals surface area (Å²) in [5.74, 6) is -0.851. The molecule has 1 N–H and O–H groups in total. The van der Waals surface area contributed by atoms with Gasteiger partial charge in [-0.05, 0) is 6.92 Å². The number of methoxy groups -OCH3 is 1. The van der Waals surface area contributed by atoms with Crippen LogP contribution in [0, 0.1) is 0 Å². The number of likely N-dealkylation sites (N-methyl/N-ethyl adjacent to an activating group) is 1. The summed E-state index contributed by atoms with van der Waals surface area (Å²) in [5.41, 5.74) is 0. The molecule has 1 saturated heterocycles. The highest BCUT2D eigenvalue weighted by Gasteiger charge is 2.36. The van der Waals surface area contributed by atoms with Gasteiger partial charge in [-0.25, -0.2) is 9.59 Å². The van der Waals surface area contributed by atoms with Gasteiger partial charge in [0, 0.05) is 12.3 Å². The molecule has 0 bridgehead atoms. The summed E-state index contributed by atoms with van der Waals surface area (Å²) in [4.78, 5) is 36.8. The number of carboxylic acids is 1. The Hall–Kier alpha value is -1.44. The normalized spacial score (nSPS) is 18.6. The van der Waals surface area contributed by atoms with E-state index in [0.717, 1.165) is 0 Å². The second-order valence-corrected chi connectivity index (χ2v) is 4.70. The van der Waals surface area contributed by atoms with Crippen molar-refractivity contribution < 1.29 is 24.2 Å². The molecule has 0 aromatic heterocycles. The maximum absolute atomic E-state index is 12.1. The van der Waals surface area contributed by atoms with Gasteiger partial charge in [-0.2, -0.15) is 0 Å². The second kappa shape index (κ2) is 6.48. The lowest BCUT2D eigenvalue weighted by molar-refractivity contribution is -0.141. The fourth-order valence-electron chi connectivity index (χ4n) is 1.55. The first-order valence-electron chi connectivity index (χ1n) is 5.44. The van der Waals surface area contributed by atoms with Gasteiger partial charge >= 0.3 is 18.0 Å². The van der Waals surface area contributed by atoms with E-state index in [1.54, 1.807) is 6.92 Å². The molecule has 0 spiro atoms. The van der Waals surface area contributed by atoms with Crippen LogP contribution in [0.5, 0.6) is 0 Å². The average Bonchev–Trinajstić information content (AvgIpc) is 2.83. The van der Waals surface area contributed by atoms with Crippen LogP contribution in [0.2, 0.25) is 0 Å². The Balaban J connectivity index is 2.71. The van der Waals surface area contributed by atoms with Gasteiger partial charge in [-0.3, -0.25) is 4.79 Å². The molecular weight excluding hydrogens is 260 g/mol. The highest BCUT2D eigenvalue weighted by molar-refractivity contribution is 7.99. The Morgan fingerprint density at radius 3 is 2.67 bits per heavy atom. The zero-order valence-electron chi connectivity index (χ0n) is 10.3. The largest absolute Gasteiger partial charge is 0.480 e. The molecule has 8 heteroatoms. The van der Waals surface area contributed by atoms with E-state index in [1.807, 2.05) is 0 Å². The van der Waals surface area contributed by atoms with Crippen LogP contribution in [0.25, 0.3) is 0 Å². The molecule has 0 saturated carbocycles. The number of aliphatic carboxylic acids is 1. The number of esters is 1. The number of carboxylic acid groups (broad SMARTS) is 1. The minimum atomic E-state index is -1.03. The van der Waals surface area contributed by atoms with Crippen molar-refractivity contribution in [2.45, 2.75) is 13.0 Å². The molecule has 0 unspecified atom stereocenters. The van der Waals surface area contributed by atoms with Crippen LogP contribution < -0.4 is 0 Å². The van der Waals surface area contributed by atoms with Crippen molar-refractivity contribution in [3.8, 4) is 0 Å². The number of carbonyl (C=O) groups is 3. The number of hydrogen-bond acceptors (Lipinski definition) is 5. The van der Waals surface area contributed by atoms with E-state index in [2.05, 4.69) is 4.74 Å². The predicted octanol–water partition coefficient (Wildman–Crippen LogP) is 0.0608. The van der Waals surface area contributed by atoms with Crippen molar-refractivity contribution in [2.24, 2.45) is 0 Å². The summed E-state index contributed by atoms with van der Waals surface area (Å²) in [7, 11) is 1.24. The molecule has 1 fully saturated rings. The average molecular weight is 276 g/mol. The van der Waals surface area contributed by atoms with Crippen LogP contribution in [-0.2, 0) is 14.3 Å². The molecule has 2 amide bonds. The van der Waals surface area contributed by atoms with Gasteiger partial charge in [0.1, 0.15) is 12.6 Å². The van der Waals surface area contributed by atoms with Crippen LogP contribution in [0.3, 0.4) is 0 Å². The Morgan fingerprint density at radius 1 is 1.50 bits per heavy atom.